The lowest BCUT2D eigenvalue weighted by atomic mass is 9.74. The first kappa shape index (κ1) is 22.9. The van der Waals surface area contributed by atoms with E-state index in [2.05, 4.69) is 53.2 Å². The summed E-state index contributed by atoms with van der Waals surface area (Å²) in [4.78, 5) is 16.6. The predicted octanol–water partition coefficient (Wildman–Crippen LogP) is 2.43. The number of nitrogens with zero attached hydrogens (tertiary/aromatic N) is 1. The third-order valence-electron chi connectivity index (χ3n) is 5.38. The van der Waals surface area contributed by atoms with Gasteiger partial charge in [0.25, 0.3) is 0 Å². The van der Waals surface area contributed by atoms with E-state index in [1.807, 2.05) is 0 Å². The zero-order valence-corrected chi connectivity index (χ0v) is 19.0. The van der Waals surface area contributed by atoms with Crippen molar-refractivity contribution in [2.24, 2.45) is 10.9 Å². The number of hydrogen-bond acceptors (Lipinski definition) is 3. The van der Waals surface area contributed by atoms with Gasteiger partial charge in [0.1, 0.15) is 0 Å². The van der Waals surface area contributed by atoms with Crippen molar-refractivity contribution in [2.45, 2.75) is 38.0 Å². The molecule has 1 aromatic rings. The van der Waals surface area contributed by atoms with Crippen molar-refractivity contribution in [3.8, 4) is 0 Å². The van der Waals surface area contributed by atoms with Gasteiger partial charge in [0, 0.05) is 44.2 Å². The summed E-state index contributed by atoms with van der Waals surface area (Å²) in [5.74, 6) is 1.25. The van der Waals surface area contributed by atoms with Crippen molar-refractivity contribution < 1.29 is 9.53 Å². The fourth-order valence-corrected chi connectivity index (χ4v) is 3.52. The highest BCUT2D eigenvalue weighted by Gasteiger charge is 2.34. The van der Waals surface area contributed by atoms with Crippen molar-refractivity contribution in [3.05, 3.63) is 35.9 Å². The maximum absolute atomic E-state index is 11.7. The number of nitrogens with one attached hydrogen (secondary N) is 3. The number of hydrogen-bond donors (Lipinski definition) is 3. The molecule has 0 radical (unpaired) electrons. The molecule has 7 heteroatoms. The molecule has 156 valence electrons. The first-order valence-electron chi connectivity index (χ1n) is 10.2. The van der Waals surface area contributed by atoms with Gasteiger partial charge in [0.05, 0.1) is 6.54 Å². The molecule has 1 aliphatic carbocycles. The zero-order valence-electron chi connectivity index (χ0n) is 16.7. The molecular weight excluding hydrogens is 467 g/mol. The average Bonchev–Trinajstić information content (AvgIpc) is 3.56. The Bertz CT molecular complexity index is 629. The van der Waals surface area contributed by atoms with E-state index in [0.29, 0.717) is 13.1 Å². The zero-order chi connectivity index (χ0) is 19.0. The summed E-state index contributed by atoms with van der Waals surface area (Å²) in [6.07, 6.45) is 4.04. The molecule has 1 amide bonds. The Balaban J connectivity index is 0.00000280. The number of carbonyl (C=O) groups is 1. The van der Waals surface area contributed by atoms with Crippen molar-refractivity contribution in [2.75, 3.05) is 39.4 Å². The summed E-state index contributed by atoms with van der Waals surface area (Å²) >= 11 is 0. The number of benzene rings is 1. The topological polar surface area (TPSA) is 74.8 Å². The molecule has 28 heavy (non-hydrogen) atoms. The van der Waals surface area contributed by atoms with Crippen LogP contribution in [0.3, 0.4) is 0 Å². The van der Waals surface area contributed by atoms with Crippen LogP contribution in [0.5, 0.6) is 0 Å². The highest BCUT2D eigenvalue weighted by atomic mass is 127. The summed E-state index contributed by atoms with van der Waals surface area (Å²) in [5.41, 5.74) is 1.37. The number of aliphatic imine (C=N–C) groups is 1. The summed E-state index contributed by atoms with van der Waals surface area (Å²) in [6.45, 7) is 6.45. The Morgan fingerprint density at radius 1 is 1.11 bits per heavy atom. The molecule has 0 unspecified atom stereocenters. The Morgan fingerprint density at radius 2 is 1.79 bits per heavy atom. The lowest BCUT2D eigenvalue weighted by Gasteiger charge is -2.36. The van der Waals surface area contributed by atoms with Gasteiger partial charge in [0.2, 0.25) is 5.91 Å². The van der Waals surface area contributed by atoms with Gasteiger partial charge in [-0.05, 0) is 38.2 Å². The minimum absolute atomic E-state index is 0. The van der Waals surface area contributed by atoms with Crippen LogP contribution in [0.4, 0.5) is 0 Å². The molecule has 0 atom stereocenters. The quantitative estimate of drug-likeness (QED) is 0.222. The number of ether oxygens (including phenoxy) is 1. The first-order chi connectivity index (χ1) is 13.2. The largest absolute Gasteiger partial charge is 0.381 e. The van der Waals surface area contributed by atoms with E-state index in [0.717, 1.165) is 57.9 Å². The van der Waals surface area contributed by atoms with Crippen molar-refractivity contribution in [1.29, 1.82) is 0 Å². The van der Waals surface area contributed by atoms with E-state index in [1.165, 1.54) is 5.56 Å². The molecule has 1 saturated carbocycles. The third kappa shape index (κ3) is 6.62. The molecule has 2 aliphatic rings. The van der Waals surface area contributed by atoms with Crippen LogP contribution in [0.2, 0.25) is 0 Å². The highest BCUT2D eigenvalue weighted by Crippen LogP contribution is 2.35. The molecular formula is C21H33IN4O2. The average molecular weight is 500 g/mol. The van der Waals surface area contributed by atoms with Gasteiger partial charge in [-0.2, -0.15) is 0 Å². The second-order valence-corrected chi connectivity index (χ2v) is 7.45. The van der Waals surface area contributed by atoms with Crippen LogP contribution in [-0.2, 0) is 14.9 Å². The summed E-state index contributed by atoms with van der Waals surface area (Å²) in [7, 11) is 0. The predicted molar refractivity (Wildman–Crippen MR) is 123 cm³/mol. The minimum Gasteiger partial charge on any atom is -0.381 e. The fraction of sp³-hybridized carbons (Fsp3) is 0.619. The van der Waals surface area contributed by atoms with Crippen molar-refractivity contribution in [1.82, 2.24) is 16.0 Å². The van der Waals surface area contributed by atoms with Gasteiger partial charge in [-0.1, -0.05) is 30.3 Å². The molecule has 3 rings (SSSR count). The van der Waals surface area contributed by atoms with Gasteiger partial charge in [-0.15, -0.1) is 24.0 Å². The summed E-state index contributed by atoms with van der Waals surface area (Å²) < 4.78 is 5.61. The van der Waals surface area contributed by atoms with Crippen molar-refractivity contribution in [3.63, 3.8) is 0 Å². The normalized spacial score (nSPS) is 18.7. The van der Waals surface area contributed by atoms with Crippen LogP contribution in [0, 0.1) is 5.92 Å². The number of rotatable bonds is 8. The lowest BCUT2D eigenvalue weighted by molar-refractivity contribution is -0.122. The molecule has 6 nitrogen and oxygen atoms in total. The Kier molecular flexibility index (Phi) is 9.50. The smallest absolute Gasteiger partial charge is 0.223 e. The van der Waals surface area contributed by atoms with Gasteiger partial charge in [-0.25, -0.2) is 0 Å². The molecule has 1 aliphatic heterocycles. The Labute approximate surface area is 185 Å². The minimum atomic E-state index is 0. The molecule has 1 aromatic carbocycles. The second-order valence-electron chi connectivity index (χ2n) is 7.45. The molecule has 1 heterocycles. The summed E-state index contributed by atoms with van der Waals surface area (Å²) in [6, 6.07) is 10.7. The molecule has 0 bridgehead atoms. The van der Waals surface area contributed by atoms with Crippen molar-refractivity contribution >= 4 is 35.8 Å². The standard InChI is InChI=1S/C21H32N4O2.HI/c1-2-22-20(24-13-12-23-19(26)17-8-9-17)25-16-21(10-14-27-15-11-21)18-6-4-3-5-7-18;/h3-7,17H,2,8-16H2,1H3,(H,23,26)(H2,22,24,25);1H. The van der Waals surface area contributed by atoms with Gasteiger partial charge >= 0.3 is 0 Å². The van der Waals surface area contributed by atoms with Crippen LogP contribution in [0.25, 0.3) is 0 Å². The number of amides is 1. The van der Waals surface area contributed by atoms with Crippen LogP contribution < -0.4 is 16.0 Å². The van der Waals surface area contributed by atoms with E-state index < -0.39 is 0 Å². The SMILES string of the molecule is CCNC(=NCC1(c2ccccc2)CCOCC1)NCCNC(=O)C1CC1.I. The monoisotopic (exact) mass is 500 g/mol. The lowest BCUT2D eigenvalue weighted by Crippen LogP contribution is -2.43. The van der Waals surface area contributed by atoms with Crippen LogP contribution in [0.1, 0.15) is 38.2 Å². The van der Waals surface area contributed by atoms with Crippen LogP contribution in [0.15, 0.2) is 35.3 Å². The van der Waals surface area contributed by atoms with Gasteiger partial charge < -0.3 is 20.7 Å². The van der Waals surface area contributed by atoms with Crippen LogP contribution >= 0.6 is 24.0 Å². The Hall–Kier alpha value is -1.35. The number of guanidine groups is 1. The molecule has 0 aromatic heterocycles. The molecule has 1 saturated heterocycles. The molecule has 2 fully saturated rings. The molecule has 3 N–H and O–H groups in total. The van der Waals surface area contributed by atoms with E-state index in [-0.39, 0.29) is 41.2 Å². The van der Waals surface area contributed by atoms with E-state index in [4.69, 9.17) is 9.73 Å². The maximum atomic E-state index is 11.7. The van der Waals surface area contributed by atoms with E-state index >= 15 is 0 Å². The Morgan fingerprint density at radius 3 is 2.43 bits per heavy atom. The first-order valence-corrected chi connectivity index (χ1v) is 10.2. The van der Waals surface area contributed by atoms with Crippen LogP contribution in [-0.4, -0.2) is 51.3 Å². The summed E-state index contributed by atoms with van der Waals surface area (Å²) in [5, 5.41) is 9.63. The maximum Gasteiger partial charge on any atom is 0.223 e. The third-order valence-corrected chi connectivity index (χ3v) is 5.38. The number of carbonyl (C=O) groups excluding carboxylic acids is 1. The van der Waals surface area contributed by atoms with E-state index in [1.54, 1.807) is 0 Å². The second kappa shape index (κ2) is 11.6. The van der Waals surface area contributed by atoms with E-state index in [9.17, 15) is 4.79 Å². The molecule has 0 spiro atoms. The number of halogens is 1. The highest BCUT2D eigenvalue weighted by molar-refractivity contribution is 14.0. The van der Waals surface area contributed by atoms with Gasteiger partial charge in [-0.3, -0.25) is 9.79 Å². The fourth-order valence-electron chi connectivity index (χ4n) is 3.52. The van der Waals surface area contributed by atoms with Gasteiger partial charge in [0.15, 0.2) is 5.96 Å².